The highest BCUT2D eigenvalue weighted by atomic mass is 14.7. The van der Waals surface area contributed by atoms with Crippen LogP contribution in [0.25, 0.3) is 71.9 Å². The lowest BCUT2D eigenvalue weighted by atomic mass is 9.85. The van der Waals surface area contributed by atoms with Gasteiger partial charge in [0.2, 0.25) is 0 Å². The lowest BCUT2D eigenvalue weighted by molar-refractivity contribution is 1.42. The third kappa shape index (κ3) is 3.69. The third-order valence-electron chi connectivity index (χ3n) is 7.70. The molecule has 1 heterocycles. The molecule has 0 unspecified atom stereocenters. The van der Waals surface area contributed by atoms with E-state index < -0.39 is 0 Å². The molecule has 2 nitrogen and oxygen atoms in total. The van der Waals surface area contributed by atoms with Crippen LogP contribution in [-0.4, -0.2) is 11.2 Å². The van der Waals surface area contributed by atoms with Gasteiger partial charge < -0.3 is 10.4 Å². The van der Waals surface area contributed by atoms with Crippen LogP contribution in [0.5, 0.6) is 0 Å². The van der Waals surface area contributed by atoms with Gasteiger partial charge in [-0.15, -0.1) is 0 Å². The molecule has 0 saturated heterocycles. The molecule has 39 heavy (non-hydrogen) atoms. The number of nitrogens with one attached hydrogen (secondary N) is 2. The first kappa shape index (κ1) is 22.9. The van der Waals surface area contributed by atoms with Gasteiger partial charge in [0.05, 0.1) is 0 Å². The normalized spacial score (nSPS) is 11.3. The summed E-state index contributed by atoms with van der Waals surface area (Å²) in [5, 5.41) is 14.0. The number of fused-ring (bicyclic) bond motifs is 3. The highest BCUT2D eigenvalue weighted by Crippen LogP contribution is 2.44. The number of aromatic amines is 1. The lowest BCUT2D eigenvalue weighted by Crippen LogP contribution is -1.91. The molecule has 0 aliphatic rings. The van der Waals surface area contributed by atoms with Gasteiger partial charge in [-0.1, -0.05) is 110 Å². The van der Waals surface area contributed by atoms with E-state index in [0.717, 1.165) is 33.3 Å². The molecule has 0 radical (unpaired) electrons. The molecule has 1 aromatic heterocycles. The number of H-pyrrole nitrogens is 1. The van der Waals surface area contributed by atoms with Crippen LogP contribution < -0.4 is 0 Å². The number of hydrogen-bond acceptors (Lipinski definition) is 1. The summed E-state index contributed by atoms with van der Waals surface area (Å²) >= 11 is 0. The molecule has 7 rings (SSSR count). The number of rotatable bonds is 5. The maximum atomic E-state index is 7.98. The molecule has 2 N–H and O–H groups in total. The summed E-state index contributed by atoms with van der Waals surface area (Å²) in [4.78, 5) is 3.38. The smallest absolute Gasteiger partial charge is 0.0474 e. The van der Waals surface area contributed by atoms with Crippen molar-refractivity contribution in [3.05, 3.63) is 139 Å². The van der Waals surface area contributed by atoms with Crippen LogP contribution in [0.2, 0.25) is 0 Å². The van der Waals surface area contributed by atoms with Crippen LogP contribution in [0, 0.1) is 5.41 Å². The summed E-state index contributed by atoms with van der Waals surface area (Å²) in [7, 11) is 0. The van der Waals surface area contributed by atoms with Gasteiger partial charge in [-0.3, -0.25) is 0 Å². The van der Waals surface area contributed by atoms with Crippen LogP contribution >= 0.6 is 0 Å². The minimum Gasteiger partial charge on any atom is -0.354 e. The Labute approximate surface area is 227 Å². The molecule has 2 heteroatoms. The van der Waals surface area contributed by atoms with Crippen molar-refractivity contribution in [3.63, 3.8) is 0 Å². The molecule has 0 bridgehead atoms. The Bertz CT molecular complexity index is 2030. The maximum Gasteiger partial charge on any atom is 0.0474 e. The molecule has 0 saturated carbocycles. The van der Waals surface area contributed by atoms with E-state index in [0.29, 0.717) is 0 Å². The first-order valence-electron chi connectivity index (χ1n) is 13.1. The van der Waals surface area contributed by atoms with Gasteiger partial charge in [0.25, 0.3) is 0 Å². The first-order chi connectivity index (χ1) is 19.3. The van der Waals surface area contributed by atoms with Gasteiger partial charge in [-0.25, -0.2) is 0 Å². The van der Waals surface area contributed by atoms with E-state index in [1.54, 1.807) is 6.08 Å². The van der Waals surface area contributed by atoms with Crippen molar-refractivity contribution in [2.75, 3.05) is 0 Å². The van der Waals surface area contributed by atoms with E-state index in [-0.39, 0.29) is 0 Å². The quantitative estimate of drug-likeness (QED) is 0.175. The van der Waals surface area contributed by atoms with E-state index >= 15 is 0 Å². The molecular formula is C37H26N2. The molecule has 0 fully saturated rings. The first-order valence-corrected chi connectivity index (χ1v) is 13.1. The van der Waals surface area contributed by atoms with Crippen LogP contribution in [0.15, 0.2) is 128 Å². The van der Waals surface area contributed by atoms with Crippen molar-refractivity contribution in [1.29, 1.82) is 5.41 Å². The molecule has 184 valence electrons. The highest BCUT2D eigenvalue weighted by molar-refractivity contribution is 6.22. The Balaban J connectivity index is 1.58. The monoisotopic (exact) mass is 498 g/mol. The van der Waals surface area contributed by atoms with E-state index in [9.17, 15) is 0 Å². The number of aromatic nitrogens is 1. The Morgan fingerprint density at radius 1 is 0.513 bits per heavy atom. The molecule has 6 aromatic carbocycles. The zero-order valence-electron chi connectivity index (χ0n) is 21.4. The van der Waals surface area contributed by atoms with E-state index in [4.69, 9.17) is 5.41 Å². The molecule has 0 spiro atoms. The summed E-state index contributed by atoms with van der Waals surface area (Å²) in [6.45, 7) is 3.91. The highest BCUT2D eigenvalue weighted by Gasteiger charge is 2.17. The second kappa shape index (κ2) is 9.27. The maximum absolute atomic E-state index is 7.98. The molecule has 0 aliphatic heterocycles. The zero-order chi connectivity index (χ0) is 26.3. The van der Waals surface area contributed by atoms with Crippen molar-refractivity contribution in [1.82, 2.24) is 4.98 Å². The fourth-order valence-corrected chi connectivity index (χ4v) is 5.92. The minimum atomic E-state index is 0.866. The zero-order valence-corrected chi connectivity index (χ0v) is 21.4. The van der Waals surface area contributed by atoms with E-state index in [1.807, 2.05) is 0 Å². The van der Waals surface area contributed by atoms with Gasteiger partial charge in [-0.05, 0) is 79.2 Å². The summed E-state index contributed by atoms with van der Waals surface area (Å²) < 4.78 is 0. The summed E-state index contributed by atoms with van der Waals surface area (Å²) in [5.41, 5.74) is 9.95. The SMILES string of the molecule is C=Cc1[nH]c2ccc(-c3ccc4c(-c5ccccc5)c5ccccc5c(-c5ccccc5)c4c3)cc2c1C=N. The van der Waals surface area contributed by atoms with Gasteiger partial charge in [0.15, 0.2) is 0 Å². The van der Waals surface area contributed by atoms with Crippen molar-refractivity contribution in [2.45, 2.75) is 0 Å². The van der Waals surface area contributed by atoms with E-state index in [2.05, 4.69) is 133 Å². The lowest BCUT2D eigenvalue weighted by Gasteiger charge is -2.18. The van der Waals surface area contributed by atoms with Gasteiger partial charge >= 0.3 is 0 Å². The van der Waals surface area contributed by atoms with E-state index in [1.165, 1.54) is 50.0 Å². The van der Waals surface area contributed by atoms with Crippen molar-refractivity contribution in [2.24, 2.45) is 0 Å². The largest absolute Gasteiger partial charge is 0.354 e. The molecule has 0 atom stereocenters. The predicted octanol–water partition coefficient (Wildman–Crippen LogP) is 10.1. The molecule has 0 amide bonds. The molecular weight excluding hydrogens is 472 g/mol. The topological polar surface area (TPSA) is 39.6 Å². The fourth-order valence-electron chi connectivity index (χ4n) is 5.92. The number of hydrogen-bond donors (Lipinski definition) is 2. The predicted molar refractivity (Wildman–Crippen MR) is 168 cm³/mol. The van der Waals surface area contributed by atoms with Crippen molar-refractivity contribution in [3.8, 4) is 33.4 Å². The summed E-state index contributed by atoms with van der Waals surface area (Å²) in [6, 6.07) is 43.4. The number of benzene rings is 6. The average molecular weight is 499 g/mol. The Kier molecular flexibility index (Phi) is 5.45. The van der Waals surface area contributed by atoms with Crippen molar-refractivity contribution < 1.29 is 0 Å². The Hall–Kier alpha value is -5.21. The second-order valence-electron chi connectivity index (χ2n) is 9.85. The summed E-state index contributed by atoms with van der Waals surface area (Å²) in [5.74, 6) is 0. The fraction of sp³-hybridized carbons (Fsp3) is 0. The Morgan fingerprint density at radius 3 is 1.62 bits per heavy atom. The molecule has 7 aromatic rings. The standard InChI is InChI=1S/C37H26N2/c1-2-34-33(23-38)31-21-27(18-20-35(31)39-34)26-17-19-30-32(22-26)37(25-13-7-4-8-14-25)29-16-10-9-15-28(29)36(30)24-11-5-3-6-12-24/h2-23,38-39H,1H2. The van der Waals surface area contributed by atoms with Crippen LogP contribution in [0.4, 0.5) is 0 Å². The minimum absolute atomic E-state index is 0.866. The van der Waals surface area contributed by atoms with Gasteiger partial charge in [0, 0.05) is 28.4 Å². The van der Waals surface area contributed by atoms with Gasteiger partial charge in [-0.2, -0.15) is 0 Å². The Morgan fingerprint density at radius 2 is 1.03 bits per heavy atom. The van der Waals surface area contributed by atoms with Gasteiger partial charge in [0.1, 0.15) is 0 Å². The summed E-state index contributed by atoms with van der Waals surface area (Å²) in [6.07, 6.45) is 3.18. The van der Waals surface area contributed by atoms with Crippen molar-refractivity contribution >= 4 is 44.7 Å². The molecule has 0 aliphatic carbocycles. The van der Waals surface area contributed by atoms with Crippen LogP contribution in [-0.2, 0) is 0 Å². The van der Waals surface area contributed by atoms with Crippen LogP contribution in [0.3, 0.4) is 0 Å². The average Bonchev–Trinajstić information content (AvgIpc) is 3.37. The second-order valence-corrected chi connectivity index (χ2v) is 9.85. The van der Waals surface area contributed by atoms with Crippen LogP contribution in [0.1, 0.15) is 11.3 Å². The third-order valence-corrected chi connectivity index (χ3v) is 7.70.